The molecule has 2 aromatic rings. The Morgan fingerprint density at radius 3 is 2.65 bits per heavy atom. The van der Waals surface area contributed by atoms with E-state index >= 15 is 0 Å². The number of amides is 1. The molecule has 0 radical (unpaired) electrons. The van der Waals surface area contributed by atoms with Gasteiger partial charge in [0.05, 0.1) is 5.75 Å². The fraction of sp³-hybridized carbons (Fsp3) is 0.316. The SMILES string of the molecule is Cc1cccc(CS(=O)(=O)N2CCC[C@@H]2C(=O)Nc2ccc(Cl)cc2)c1. The zero-order chi connectivity index (χ0) is 18.7. The maximum absolute atomic E-state index is 12.9. The molecule has 26 heavy (non-hydrogen) atoms. The number of carbonyl (C=O) groups excluding carboxylic acids is 1. The van der Waals surface area contributed by atoms with Crippen molar-refractivity contribution in [1.82, 2.24) is 4.31 Å². The van der Waals surface area contributed by atoms with Gasteiger partial charge in [-0.05, 0) is 49.6 Å². The van der Waals surface area contributed by atoms with Crippen LogP contribution >= 0.6 is 11.6 Å². The summed E-state index contributed by atoms with van der Waals surface area (Å²) in [6.07, 6.45) is 1.19. The number of nitrogens with zero attached hydrogens (tertiary/aromatic N) is 1. The van der Waals surface area contributed by atoms with E-state index in [1.165, 1.54) is 4.31 Å². The van der Waals surface area contributed by atoms with Crippen LogP contribution in [0.1, 0.15) is 24.0 Å². The molecule has 1 fully saturated rings. The number of hydrogen-bond acceptors (Lipinski definition) is 3. The second-order valence-corrected chi connectivity index (χ2v) is 8.87. The predicted molar refractivity (Wildman–Crippen MR) is 104 cm³/mol. The molecule has 0 bridgehead atoms. The first-order valence-corrected chi connectivity index (χ1v) is 10.5. The molecule has 1 heterocycles. The van der Waals surface area contributed by atoms with Crippen molar-refractivity contribution in [3.63, 3.8) is 0 Å². The summed E-state index contributed by atoms with van der Waals surface area (Å²) in [7, 11) is -3.57. The van der Waals surface area contributed by atoms with Crippen LogP contribution < -0.4 is 5.32 Å². The van der Waals surface area contributed by atoms with Gasteiger partial charge in [-0.3, -0.25) is 4.79 Å². The number of aryl methyl sites for hydroxylation is 1. The van der Waals surface area contributed by atoms with Gasteiger partial charge in [0, 0.05) is 17.3 Å². The van der Waals surface area contributed by atoms with Crippen molar-refractivity contribution in [2.24, 2.45) is 0 Å². The van der Waals surface area contributed by atoms with Gasteiger partial charge >= 0.3 is 0 Å². The number of anilines is 1. The highest BCUT2D eigenvalue weighted by Crippen LogP contribution is 2.25. The van der Waals surface area contributed by atoms with E-state index in [0.717, 1.165) is 11.1 Å². The fourth-order valence-electron chi connectivity index (χ4n) is 3.19. The summed E-state index contributed by atoms with van der Waals surface area (Å²) in [5.41, 5.74) is 2.34. The summed E-state index contributed by atoms with van der Waals surface area (Å²) in [5.74, 6) is -0.406. The highest BCUT2D eigenvalue weighted by atomic mass is 35.5. The highest BCUT2D eigenvalue weighted by molar-refractivity contribution is 7.88. The number of rotatable bonds is 5. The summed E-state index contributed by atoms with van der Waals surface area (Å²) >= 11 is 5.85. The Morgan fingerprint density at radius 2 is 1.96 bits per heavy atom. The average Bonchev–Trinajstić information content (AvgIpc) is 3.07. The molecule has 138 valence electrons. The van der Waals surface area contributed by atoms with Crippen molar-refractivity contribution in [3.8, 4) is 0 Å². The van der Waals surface area contributed by atoms with Crippen LogP contribution in [0.3, 0.4) is 0 Å². The van der Waals surface area contributed by atoms with Gasteiger partial charge in [0.1, 0.15) is 6.04 Å². The molecule has 0 spiro atoms. The Bertz CT molecular complexity index is 897. The van der Waals surface area contributed by atoms with Gasteiger partial charge in [-0.1, -0.05) is 41.4 Å². The maximum atomic E-state index is 12.9. The van der Waals surface area contributed by atoms with Gasteiger partial charge in [-0.15, -0.1) is 0 Å². The Balaban J connectivity index is 1.74. The minimum atomic E-state index is -3.57. The van der Waals surface area contributed by atoms with Gasteiger partial charge < -0.3 is 5.32 Å². The molecule has 1 aliphatic rings. The summed E-state index contributed by atoms with van der Waals surface area (Å²) < 4.78 is 27.0. The van der Waals surface area contributed by atoms with Gasteiger partial charge in [-0.2, -0.15) is 4.31 Å². The van der Waals surface area contributed by atoms with Crippen molar-refractivity contribution in [2.45, 2.75) is 31.6 Å². The Morgan fingerprint density at radius 1 is 1.23 bits per heavy atom. The van der Waals surface area contributed by atoms with Crippen molar-refractivity contribution >= 4 is 33.2 Å². The Hall–Kier alpha value is -1.89. The molecule has 0 unspecified atom stereocenters. The summed E-state index contributed by atoms with van der Waals surface area (Å²) in [6.45, 7) is 2.29. The molecule has 5 nitrogen and oxygen atoms in total. The summed E-state index contributed by atoms with van der Waals surface area (Å²) in [4.78, 5) is 12.6. The zero-order valence-electron chi connectivity index (χ0n) is 14.5. The smallest absolute Gasteiger partial charge is 0.242 e. The lowest BCUT2D eigenvalue weighted by Crippen LogP contribution is -2.43. The largest absolute Gasteiger partial charge is 0.325 e. The first kappa shape index (κ1) is 18.9. The van der Waals surface area contributed by atoms with Crippen molar-refractivity contribution in [2.75, 3.05) is 11.9 Å². The predicted octanol–water partition coefficient (Wildman–Crippen LogP) is 3.58. The summed E-state index contributed by atoms with van der Waals surface area (Å²) in [5, 5.41) is 3.36. The molecule has 0 aromatic heterocycles. The van der Waals surface area contributed by atoms with Gasteiger partial charge in [0.25, 0.3) is 0 Å². The topological polar surface area (TPSA) is 66.5 Å². The van der Waals surface area contributed by atoms with Crippen LogP contribution in [0.15, 0.2) is 48.5 Å². The lowest BCUT2D eigenvalue weighted by Gasteiger charge is -2.23. The van der Waals surface area contributed by atoms with E-state index in [-0.39, 0.29) is 11.7 Å². The van der Waals surface area contributed by atoms with Crippen LogP contribution in [0, 0.1) is 6.92 Å². The number of carbonyl (C=O) groups is 1. The molecule has 1 amide bonds. The number of sulfonamides is 1. The monoisotopic (exact) mass is 392 g/mol. The van der Waals surface area contributed by atoms with Crippen LogP contribution in [0.4, 0.5) is 5.69 Å². The molecule has 2 aromatic carbocycles. The van der Waals surface area contributed by atoms with E-state index in [1.54, 1.807) is 30.3 Å². The first-order valence-electron chi connectivity index (χ1n) is 8.47. The Kier molecular flexibility index (Phi) is 5.65. The highest BCUT2D eigenvalue weighted by Gasteiger charge is 2.38. The second-order valence-electron chi connectivity index (χ2n) is 6.51. The van der Waals surface area contributed by atoms with Crippen LogP contribution in [-0.2, 0) is 20.6 Å². The van der Waals surface area contributed by atoms with Crippen molar-refractivity contribution in [1.29, 1.82) is 0 Å². The number of benzene rings is 2. The van der Waals surface area contributed by atoms with Crippen LogP contribution in [-0.4, -0.2) is 31.2 Å². The molecular weight excluding hydrogens is 372 g/mol. The first-order chi connectivity index (χ1) is 12.3. The zero-order valence-corrected chi connectivity index (χ0v) is 16.1. The number of halogens is 1. The molecule has 7 heteroatoms. The molecule has 1 atom stereocenters. The lowest BCUT2D eigenvalue weighted by atomic mass is 10.2. The van der Waals surface area contributed by atoms with E-state index in [0.29, 0.717) is 30.1 Å². The third kappa shape index (κ3) is 4.44. The molecule has 1 N–H and O–H groups in total. The van der Waals surface area contributed by atoms with Gasteiger partial charge in [0.15, 0.2) is 0 Å². The lowest BCUT2D eigenvalue weighted by molar-refractivity contribution is -0.119. The number of nitrogens with one attached hydrogen (secondary N) is 1. The van der Waals surface area contributed by atoms with Crippen molar-refractivity contribution in [3.05, 3.63) is 64.7 Å². The standard InChI is InChI=1S/C19H21ClN2O3S/c1-14-4-2-5-15(12-14)13-26(24,25)22-11-3-6-18(22)19(23)21-17-9-7-16(20)8-10-17/h2,4-5,7-10,12,18H,3,6,11,13H2,1H3,(H,21,23)/t18-/m1/s1. The molecule has 0 aliphatic carbocycles. The number of hydrogen-bond donors (Lipinski definition) is 1. The van der Waals surface area contributed by atoms with E-state index in [1.807, 2.05) is 25.1 Å². The molecular formula is C19H21ClN2O3S. The molecule has 3 rings (SSSR count). The van der Waals surface area contributed by atoms with E-state index in [9.17, 15) is 13.2 Å². The van der Waals surface area contributed by atoms with E-state index in [2.05, 4.69) is 5.32 Å². The maximum Gasteiger partial charge on any atom is 0.242 e. The van der Waals surface area contributed by atoms with E-state index in [4.69, 9.17) is 11.6 Å². The third-order valence-electron chi connectivity index (χ3n) is 4.41. The third-order valence-corrected chi connectivity index (χ3v) is 6.51. The Labute approximate surface area is 159 Å². The molecule has 1 aliphatic heterocycles. The van der Waals surface area contributed by atoms with Crippen molar-refractivity contribution < 1.29 is 13.2 Å². The molecule has 1 saturated heterocycles. The van der Waals surface area contributed by atoms with Crippen LogP contribution in [0.5, 0.6) is 0 Å². The summed E-state index contributed by atoms with van der Waals surface area (Å²) in [6, 6.07) is 13.5. The minimum Gasteiger partial charge on any atom is -0.325 e. The average molecular weight is 393 g/mol. The normalized spacial score (nSPS) is 18.0. The van der Waals surface area contributed by atoms with E-state index < -0.39 is 16.1 Å². The van der Waals surface area contributed by atoms with Gasteiger partial charge in [0.2, 0.25) is 15.9 Å². The second kappa shape index (κ2) is 7.78. The minimum absolute atomic E-state index is 0.0978. The van der Waals surface area contributed by atoms with Crippen LogP contribution in [0.2, 0.25) is 5.02 Å². The van der Waals surface area contributed by atoms with Crippen LogP contribution in [0.25, 0.3) is 0 Å². The molecule has 0 saturated carbocycles. The van der Waals surface area contributed by atoms with Gasteiger partial charge in [-0.25, -0.2) is 8.42 Å². The fourth-order valence-corrected chi connectivity index (χ4v) is 5.08. The quantitative estimate of drug-likeness (QED) is 0.845.